The monoisotopic (exact) mass is 343 g/mol. The van der Waals surface area contributed by atoms with Gasteiger partial charge in [-0.1, -0.05) is 35.5 Å². The zero-order chi connectivity index (χ0) is 16.5. The van der Waals surface area contributed by atoms with Crippen LogP contribution in [0.25, 0.3) is 0 Å². The molecule has 0 bridgehead atoms. The van der Waals surface area contributed by atoms with Crippen molar-refractivity contribution >= 4 is 34.3 Å². The number of benzene rings is 2. The van der Waals surface area contributed by atoms with Gasteiger partial charge in [0.2, 0.25) is 0 Å². The number of aryl methyl sites for hydroxylation is 1. The average Bonchev–Trinajstić information content (AvgIpc) is 2.56. The van der Waals surface area contributed by atoms with Gasteiger partial charge < -0.3 is 0 Å². The number of nitrogens with zero attached hydrogens (tertiary/aromatic N) is 1. The Morgan fingerprint density at radius 3 is 2.48 bits per heavy atom. The summed E-state index contributed by atoms with van der Waals surface area (Å²) in [7, 11) is 0. The van der Waals surface area contributed by atoms with Crippen molar-refractivity contribution in [1.29, 1.82) is 0 Å². The standard InChI is InChI=1S/C19H18FNS2/c1-3-13-23-19(21-17-8-4-15(2)5-9-17)12-14-22-18-10-6-16(20)7-11-18/h3-12,14H,1,13H2,2H3. The topological polar surface area (TPSA) is 12.4 Å². The zero-order valence-electron chi connectivity index (χ0n) is 12.9. The summed E-state index contributed by atoms with van der Waals surface area (Å²) >= 11 is 3.17. The van der Waals surface area contributed by atoms with Crippen LogP contribution in [0.4, 0.5) is 10.1 Å². The first-order valence-electron chi connectivity index (χ1n) is 7.15. The van der Waals surface area contributed by atoms with Crippen molar-refractivity contribution in [2.75, 3.05) is 5.75 Å². The molecular weight excluding hydrogens is 325 g/mol. The number of aliphatic imine (C=N–C) groups is 1. The SMILES string of the molecule is C=CCSC(C=CSc1ccc(F)cc1)=Nc1ccc(C)cc1. The molecule has 0 heterocycles. The van der Waals surface area contributed by atoms with Gasteiger partial charge in [-0.25, -0.2) is 9.38 Å². The Hall–Kier alpha value is -1.78. The molecule has 2 aromatic rings. The fraction of sp³-hybridized carbons (Fsp3) is 0.105. The quantitative estimate of drug-likeness (QED) is 0.261. The molecule has 0 fully saturated rings. The van der Waals surface area contributed by atoms with Gasteiger partial charge in [-0.3, -0.25) is 0 Å². The first-order chi connectivity index (χ1) is 11.2. The van der Waals surface area contributed by atoms with Crippen LogP contribution in [0.15, 0.2) is 82.6 Å². The first kappa shape index (κ1) is 17.6. The van der Waals surface area contributed by atoms with Gasteiger partial charge in [0.05, 0.1) is 10.7 Å². The first-order valence-corrected chi connectivity index (χ1v) is 9.02. The highest BCUT2D eigenvalue weighted by Gasteiger charge is 1.97. The summed E-state index contributed by atoms with van der Waals surface area (Å²) < 4.78 is 12.9. The van der Waals surface area contributed by atoms with E-state index in [1.165, 1.54) is 29.5 Å². The van der Waals surface area contributed by atoms with E-state index in [2.05, 4.69) is 18.5 Å². The normalized spacial score (nSPS) is 11.8. The predicted molar refractivity (Wildman–Crippen MR) is 102 cm³/mol. The fourth-order valence-corrected chi connectivity index (χ4v) is 3.05. The van der Waals surface area contributed by atoms with E-state index in [0.717, 1.165) is 21.4 Å². The van der Waals surface area contributed by atoms with Crippen molar-refractivity contribution < 1.29 is 4.39 Å². The summed E-state index contributed by atoms with van der Waals surface area (Å²) in [6.45, 7) is 5.80. The lowest BCUT2D eigenvalue weighted by Crippen LogP contribution is -1.87. The Balaban J connectivity index is 2.07. The summed E-state index contributed by atoms with van der Waals surface area (Å²) in [6, 6.07) is 14.6. The van der Waals surface area contributed by atoms with E-state index in [1.807, 2.05) is 41.8 Å². The molecule has 0 atom stereocenters. The minimum absolute atomic E-state index is 0.221. The van der Waals surface area contributed by atoms with Crippen LogP contribution in [0.5, 0.6) is 0 Å². The molecule has 0 unspecified atom stereocenters. The predicted octanol–water partition coefficient (Wildman–Crippen LogP) is 6.39. The van der Waals surface area contributed by atoms with E-state index in [1.54, 1.807) is 23.9 Å². The van der Waals surface area contributed by atoms with Crippen molar-refractivity contribution in [1.82, 2.24) is 0 Å². The summed E-state index contributed by atoms with van der Waals surface area (Å²) in [5.41, 5.74) is 2.14. The smallest absolute Gasteiger partial charge is 0.123 e. The summed E-state index contributed by atoms with van der Waals surface area (Å²) in [5.74, 6) is 0.581. The van der Waals surface area contributed by atoms with Crippen molar-refractivity contribution in [3.63, 3.8) is 0 Å². The number of thioether (sulfide) groups is 2. The molecule has 0 radical (unpaired) electrons. The molecule has 0 aromatic heterocycles. The number of halogens is 1. The van der Waals surface area contributed by atoms with Crippen molar-refractivity contribution in [2.24, 2.45) is 4.99 Å². The second kappa shape index (κ2) is 9.38. The van der Waals surface area contributed by atoms with Crippen molar-refractivity contribution in [3.05, 3.63) is 84.1 Å². The fourth-order valence-electron chi connectivity index (χ4n) is 1.69. The van der Waals surface area contributed by atoms with Gasteiger partial charge in [-0.15, -0.1) is 18.3 Å². The average molecular weight is 343 g/mol. The minimum Gasteiger partial charge on any atom is -0.242 e. The van der Waals surface area contributed by atoms with Crippen LogP contribution in [-0.2, 0) is 0 Å². The van der Waals surface area contributed by atoms with Gasteiger partial charge in [0.15, 0.2) is 0 Å². The lowest BCUT2D eigenvalue weighted by Gasteiger charge is -2.01. The number of hydrogen-bond donors (Lipinski definition) is 0. The van der Waals surface area contributed by atoms with Crippen LogP contribution >= 0.6 is 23.5 Å². The Morgan fingerprint density at radius 2 is 1.83 bits per heavy atom. The molecule has 0 saturated heterocycles. The summed E-state index contributed by atoms with van der Waals surface area (Å²) in [6.07, 6.45) is 3.83. The molecule has 2 aromatic carbocycles. The van der Waals surface area contributed by atoms with E-state index in [-0.39, 0.29) is 5.82 Å². The third-order valence-electron chi connectivity index (χ3n) is 2.85. The Labute approximate surface area is 145 Å². The van der Waals surface area contributed by atoms with E-state index in [4.69, 9.17) is 0 Å². The molecule has 118 valence electrons. The molecule has 0 amide bonds. The molecule has 0 N–H and O–H groups in total. The van der Waals surface area contributed by atoms with Gasteiger partial charge in [-0.05, 0) is 54.8 Å². The molecule has 23 heavy (non-hydrogen) atoms. The van der Waals surface area contributed by atoms with Crippen LogP contribution in [0, 0.1) is 12.7 Å². The highest BCUT2D eigenvalue weighted by atomic mass is 32.2. The van der Waals surface area contributed by atoms with Gasteiger partial charge in [-0.2, -0.15) is 0 Å². The molecule has 4 heteroatoms. The lowest BCUT2D eigenvalue weighted by atomic mass is 10.2. The minimum atomic E-state index is -0.221. The van der Waals surface area contributed by atoms with Crippen molar-refractivity contribution in [2.45, 2.75) is 11.8 Å². The summed E-state index contributed by atoms with van der Waals surface area (Å²) in [4.78, 5) is 5.65. The van der Waals surface area contributed by atoms with E-state index in [9.17, 15) is 4.39 Å². The lowest BCUT2D eigenvalue weighted by molar-refractivity contribution is 0.626. The van der Waals surface area contributed by atoms with Crippen LogP contribution in [0.1, 0.15) is 5.56 Å². The molecular formula is C19H18FNS2. The maximum atomic E-state index is 12.9. The Bertz CT molecular complexity index is 688. The van der Waals surface area contributed by atoms with Gasteiger partial charge in [0, 0.05) is 10.6 Å². The van der Waals surface area contributed by atoms with Gasteiger partial charge in [0.25, 0.3) is 0 Å². The second-order valence-electron chi connectivity index (χ2n) is 4.76. The molecule has 0 aliphatic rings. The van der Waals surface area contributed by atoms with Crippen molar-refractivity contribution in [3.8, 4) is 0 Å². The van der Waals surface area contributed by atoms with E-state index in [0.29, 0.717) is 0 Å². The van der Waals surface area contributed by atoms with Crippen LogP contribution in [0.2, 0.25) is 0 Å². The zero-order valence-corrected chi connectivity index (χ0v) is 14.5. The molecule has 1 nitrogen and oxygen atoms in total. The maximum Gasteiger partial charge on any atom is 0.123 e. The van der Waals surface area contributed by atoms with Crippen LogP contribution in [-0.4, -0.2) is 10.8 Å². The molecule has 0 spiro atoms. The third-order valence-corrected chi connectivity index (χ3v) is 4.59. The molecule has 2 rings (SSSR count). The van der Waals surface area contributed by atoms with Crippen LogP contribution < -0.4 is 0 Å². The Morgan fingerprint density at radius 1 is 1.13 bits per heavy atom. The summed E-state index contributed by atoms with van der Waals surface area (Å²) in [5, 5.41) is 2.89. The van der Waals surface area contributed by atoms with Gasteiger partial charge in [0.1, 0.15) is 5.82 Å². The number of hydrogen-bond acceptors (Lipinski definition) is 3. The maximum absolute atomic E-state index is 12.9. The van der Waals surface area contributed by atoms with E-state index < -0.39 is 0 Å². The second-order valence-corrected chi connectivity index (χ2v) is 6.78. The van der Waals surface area contributed by atoms with Crippen LogP contribution in [0.3, 0.4) is 0 Å². The van der Waals surface area contributed by atoms with E-state index >= 15 is 0 Å². The highest BCUT2D eigenvalue weighted by Crippen LogP contribution is 2.22. The molecule has 0 aliphatic carbocycles. The molecule has 0 aliphatic heterocycles. The largest absolute Gasteiger partial charge is 0.242 e. The third kappa shape index (κ3) is 6.47. The number of rotatable bonds is 6. The Kier molecular flexibility index (Phi) is 7.17. The van der Waals surface area contributed by atoms with Gasteiger partial charge >= 0.3 is 0 Å². The molecule has 0 saturated carbocycles. The highest BCUT2D eigenvalue weighted by molar-refractivity contribution is 8.14.